The second-order valence-electron chi connectivity index (χ2n) is 8.14. The molecule has 0 spiro atoms. The molecule has 2 aromatic heterocycles. The Kier molecular flexibility index (Phi) is 5.50. The normalized spacial score (nSPS) is 12.3. The van der Waals surface area contributed by atoms with Gasteiger partial charge in [-0.1, -0.05) is 79.8 Å². The average molecular weight is 440 g/mol. The molecule has 0 saturated heterocycles. The number of rotatable bonds is 6. The molecule has 3 aromatic carbocycles. The molecule has 0 saturated carbocycles. The van der Waals surface area contributed by atoms with Crippen molar-refractivity contribution in [2.24, 2.45) is 0 Å². The number of benzene rings is 3. The maximum absolute atomic E-state index is 12.7. The van der Waals surface area contributed by atoms with Gasteiger partial charge < -0.3 is 5.32 Å². The number of aromatic nitrogens is 2. The highest BCUT2D eigenvalue weighted by atomic mass is 32.1. The number of thiazole rings is 1. The van der Waals surface area contributed by atoms with Gasteiger partial charge in [-0.25, -0.2) is 4.98 Å². The van der Waals surface area contributed by atoms with Crippen molar-refractivity contribution < 1.29 is 4.79 Å². The quantitative estimate of drug-likeness (QED) is 0.337. The molecule has 5 aromatic rings. The van der Waals surface area contributed by atoms with Crippen molar-refractivity contribution in [3.8, 4) is 11.3 Å². The molecule has 1 amide bonds. The molecular weight excluding hydrogens is 414 g/mol. The molecule has 0 aliphatic heterocycles. The van der Waals surface area contributed by atoms with E-state index in [-0.39, 0.29) is 11.8 Å². The van der Waals surface area contributed by atoms with Crippen LogP contribution in [0, 0.1) is 0 Å². The summed E-state index contributed by atoms with van der Waals surface area (Å²) in [7, 11) is 0. The number of nitrogens with one attached hydrogen (secondary N) is 1. The summed E-state index contributed by atoms with van der Waals surface area (Å²) in [5.41, 5.74) is 6.39. The zero-order valence-electron chi connectivity index (χ0n) is 18.2. The summed E-state index contributed by atoms with van der Waals surface area (Å²) < 4.78 is 3.17. The molecule has 0 fully saturated rings. The summed E-state index contributed by atoms with van der Waals surface area (Å²) in [4.78, 5) is 18.5. The van der Waals surface area contributed by atoms with Gasteiger partial charge in [-0.3, -0.25) is 9.20 Å². The van der Waals surface area contributed by atoms with Crippen LogP contribution in [0.5, 0.6) is 0 Å². The first-order valence-corrected chi connectivity index (χ1v) is 11.8. The fraction of sp³-hybridized carbons (Fsp3) is 0.185. The Morgan fingerprint density at radius 1 is 1.06 bits per heavy atom. The lowest BCUT2D eigenvalue weighted by Crippen LogP contribution is -2.27. The molecule has 2 heterocycles. The summed E-state index contributed by atoms with van der Waals surface area (Å²) in [6.45, 7) is 4.89. The number of carbonyl (C=O) groups excluding carboxylic acids is 1. The van der Waals surface area contributed by atoms with Gasteiger partial charge in [0.2, 0.25) is 0 Å². The standard InChI is InChI=1S/C27H25N3OS/c1-3-19-9-11-21(12-10-19)23-17-30-24-14-13-22(15-25(24)32-27(30)29-23)26(31)28-16-18(2)20-7-5-4-6-8-20/h4-15,17-18H,3,16H2,1-2H3,(H,28,31)/t18-/m1/s1. The monoisotopic (exact) mass is 439 g/mol. The van der Waals surface area contributed by atoms with Gasteiger partial charge in [-0.15, -0.1) is 0 Å². The van der Waals surface area contributed by atoms with Gasteiger partial charge in [0.05, 0.1) is 15.9 Å². The van der Waals surface area contributed by atoms with Crippen molar-refractivity contribution in [3.05, 3.63) is 95.7 Å². The van der Waals surface area contributed by atoms with Gasteiger partial charge in [0.15, 0.2) is 4.96 Å². The Morgan fingerprint density at radius 2 is 1.84 bits per heavy atom. The number of aryl methyl sites for hydroxylation is 1. The van der Waals surface area contributed by atoms with E-state index in [1.54, 1.807) is 11.3 Å². The number of imidazole rings is 1. The van der Waals surface area contributed by atoms with Crippen LogP contribution < -0.4 is 5.32 Å². The highest BCUT2D eigenvalue weighted by molar-refractivity contribution is 7.23. The lowest BCUT2D eigenvalue weighted by Gasteiger charge is -2.13. The van der Waals surface area contributed by atoms with Gasteiger partial charge in [0, 0.05) is 23.9 Å². The van der Waals surface area contributed by atoms with Crippen LogP contribution in [-0.4, -0.2) is 21.8 Å². The van der Waals surface area contributed by atoms with Crippen molar-refractivity contribution in [1.29, 1.82) is 0 Å². The van der Waals surface area contributed by atoms with E-state index in [4.69, 9.17) is 4.98 Å². The molecule has 0 bridgehead atoms. The van der Waals surface area contributed by atoms with Crippen LogP contribution >= 0.6 is 11.3 Å². The van der Waals surface area contributed by atoms with Crippen molar-refractivity contribution in [2.45, 2.75) is 26.2 Å². The molecule has 5 rings (SSSR count). The first-order valence-electron chi connectivity index (χ1n) is 11.0. The molecule has 32 heavy (non-hydrogen) atoms. The van der Waals surface area contributed by atoms with Gasteiger partial charge in [0.25, 0.3) is 5.91 Å². The Morgan fingerprint density at radius 3 is 2.59 bits per heavy atom. The molecular formula is C27H25N3OS. The lowest BCUT2D eigenvalue weighted by atomic mass is 10.0. The van der Waals surface area contributed by atoms with Crippen LogP contribution in [-0.2, 0) is 6.42 Å². The predicted molar refractivity (Wildman–Crippen MR) is 133 cm³/mol. The third kappa shape index (κ3) is 3.92. The molecule has 1 atom stereocenters. The van der Waals surface area contributed by atoms with Gasteiger partial charge >= 0.3 is 0 Å². The fourth-order valence-electron chi connectivity index (χ4n) is 3.94. The number of fused-ring (bicyclic) bond motifs is 3. The Labute approximate surface area is 191 Å². The van der Waals surface area contributed by atoms with Crippen molar-refractivity contribution in [1.82, 2.24) is 14.7 Å². The largest absolute Gasteiger partial charge is 0.351 e. The molecule has 0 radical (unpaired) electrons. The number of carbonyl (C=O) groups is 1. The molecule has 4 nitrogen and oxygen atoms in total. The molecule has 0 aliphatic rings. The van der Waals surface area contributed by atoms with E-state index in [1.165, 1.54) is 11.1 Å². The Balaban J connectivity index is 1.35. The van der Waals surface area contributed by atoms with E-state index in [1.807, 2.05) is 36.4 Å². The van der Waals surface area contributed by atoms with E-state index in [2.05, 4.69) is 66.2 Å². The molecule has 0 aliphatic carbocycles. The number of hydrogen-bond donors (Lipinski definition) is 1. The van der Waals surface area contributed by atoms with E-state index >= 15 is 0 Å². The first-order chi connectivity index (χ1) is 15.6. The minimum atomic E-state index is -0.0441. The number of nitrogens with zero attached hydrogens (tertiary/aromatic N) is 2. The van der Waals surface area contributed by atoms with Crippen molar-refractivity contribution >= 4 is 32.4 Å². The summed E-state index contributed by atoms with van der Waals surface area (Å²) in [5.74, 6) is 0.219. The smallest absolute Gasteiger partial charge is 0.251 e. The van der Waals surface area contributed by atoms with Crippen LogP contribution in [0.4, 0.5) is 0 Å². The van der Waals surface area contributed by atoms with Gasteiger partial charge in [-0.05, 0) is 41.7 Å². The maximum Gasteiger partial charge on any atom is 0.251 e. The number of amides is 1. The third-order valence-electron chi connectivity index (χ3n) is 5.95. The van der Waals surface area contributed by atoms with Crippen LogP contribution in [0.1, 0.15) is 41.3 Å². The van der Waals surface area contributed by atoms with Crippen LogP contribution in [0.25, 0.3) is 26.4 Å². The van der Waals surface area contributed by atoms with E-state index < -0.39 is 0 Å². The summed E-state index contributed by atoms with van der Waals surface area (Å²) in [6, 6.07) is 24.7. The van der Waals surface area contributed by atoms with E-state index in [0.29, 0.717) is 12.1 Å². The molecule has 5 heteroatoms. The summed E-state index contributed by atoms with van der Waals surface area (Å²) >= 11 is 1.61. The first kappa shape index (κ1) is 20.5. The average Bonchev–Trinajstić information content (AvgIpc) is 3.40. The maximum atomic E-state index is 12.7. The van der Waals surface area contributed by atoms with Crippen LogP contribution in [0.2, 0.25) is 0 Å². The topological polar surface area (TPSA) is 46.4 Å². The van der Waals surface area contributed by atoms with Crippen molar-refractivity contribution in [2.75, 3.05) is 6.54 Å². The van der Waals surface area contributed by atoms with Gasteiger partial charge in [0.1, 0.15) is 0 Å². The zero-order chi connectivity index (χ0) is 22.1. The summed E-state index contributed by atoms with van der Waals surface area (Å²) in [6.07, 6.45) is 3.11. The molecule has 1 N–H and O–H groups in total. The summed E-state index contributed by atoms with van der Waals surface area (Å²) in [5, 5.41) is 3.07. The van der Waals surface area contributed by atoms with E-state index in [9.17, 15) is 4.79 Å². The van der Waals surface area contributed by atoms with E-state index in [0.717, 1.165) is 32.9 Å². The van der Waals surface area contributed by atoms with Crippen LogP contribution in [0.3, 0.4) is 0 Å². The Hall–Kier alpha value is -3.44. The second kappa shape index (κ2) is 8.60. The predicted octanol–water partition coefficient (Wildman–Crippen LogP) is 6.31. The van der Waals surface area contributed by atoms with Crippen molar-refractivity contribution in [3.63, 3.8) is 0 Å². The Bertz CT molecular complexity index is 1380. The minimum Gasteiger partial charge on any atom is -0.351 e. The third-order valence-corrected chi connectivity index (χ3v) is 6.97. The second-order valence-corrected chi connectivity index (χ2v) is 9.14. The SMILES string of the molecule is CCc1ccc(-c2cn3c(n2)sc2cc(C(=O)NC[C@@H](C)c4ccccc4)ccc23)cc1. The minimum absolute atomic E-state index is 0.0441. The highest BCUT2D eigenvalue weighted by Gasteiger charge is 2.14. The number of hydrogen-bond acceptors (Lipinski definition) is 3. The highest BCUT2D eigenvalue weighted by Crippen LogP contribution is 2.30. The molecule has 160 valence electrons. The molecule has 0 unspecified atom stereocenters. The van der Waals surface area contributed by atoms with Crippen LogP contribution in [0.15, 0.2) is 79.0 Å². The lowest BCUT2D eigenvalue weighted by molar-refractivity contribution is 0.0952. The fourth-order valence-corrected chi connectivity index (χ4v) is 4.99. The van der Waals surface area contributed by atoms with Gasteiger partial charge in [-0.2, -0.15) is 0 Å². The zero-order valence-corrected chi connectivity index (χ0v) is 19.0.